The van der Waals surface area contributed by atoms with Gasteiger partial charge in [0, 0.05) is 13.1 Å². The lowest BCUT2D eigenvalue weighted by atomic mass is 10.2. The normalized spacial score (nSPS) is 15.4. The molecule has 29 heavy (non-hydrogen) atoms. The Morgan fingerprint density at radius 3 is 2.55 bits per heavy atom. The van der Waals surface area contributed by atoms with Crippen molar-refractivity contribution in [1.29, 1.82) is 0 Å². The number of carbonyl (C=O) groups excluding carboxylic acids is 1. The highest BCUT2D eigenvalue weighted by Gasteiger charge is 2.37. The number of halogens is 3. The molecule has 0 radical (unpaired) electrons. The van der Waals surface area contributed by atoms with Crippen LogP contribution in [0.15, 0.2) is 29.2 Å². The van der Waals surface area contributed by atoms with Crippen LogP contribution in [0.25, 0.3) is 0 Å². The second-order valence-electron chi connectivity index (χ2n) is 6.06. The smallest absolute Gasteiger partial charge is 0.378 e. The highest BCUT2D eigenvalue weighted by molar-refractivity contribution is 7.89. The standard InChI is InChI=1S/C16H17F3N4O4S2/c1-10-13(28-15(20-10)23-6-8-27-9-7-23)14(24)21-22-29(25,26)12-5-3-2-4-11(12)16(17,18)19/h2-5,22H,6-9H2,1H3,(H,21,24). The number of anilines is 1. The summed E-state index contributed by atoms with van der Waals surface area (Å²) in [5, 5.41) is 0.584. The van der Waals surface area contributed by atoms with Gasteiger partial charge in [-0.15, -0.1) is 4.83 Å². The van der Waals surface area contributed by atoms with Gasteiger partial charge in [0.25, 0.3) is 15.9 Å². The third-order valence-electron chi connectivity index (χ3n) is 4.05. The number of hydrogen-bond donors (Lipinski definition) is 2. The molecule has 1 aromatic heterocycles. The first kappa shape index (κ1) is 21.5. The molecule has 1 saturated heterocycles. The number of hydrazine groups is 1. The largest absolute Gasteiger partial charge is 0.417 e. The summed E-state index contributed by atoms with van der Waals surface area (Å²) < 4.78 is 69.1. The van der Waals surface area contributed by atoms with Gasteiger partial charge in [-0.05, 0) is 19.1 Å². The second kappa shape index (κ2) is 8.26. The first-order chi connectivity index (χ1) is 13.6. The van der Waals surface area contributed by atoms with Crippen molar-refractivity contribution in [2.45, 2.75) is 18.0 Å². The van der Waals surface area contributed by atoms with Gasteiger partial charge in [0.05, 0.1) is 29.4 Å². The molecular weight excluding hydrogens is 433 g/mol. The Hall–Kier alpha value is -2.22. The minimum absolute atomic E-state index is 0.151. The SMILES string of the molecule is Cc1nc(N2CCOCC2)sc1C(=O)NNS(=O)(=O)c1ccccc1C(F)(F)F. The molecule has 0 unspecified atom stereocenters. The maximum atomic E-state index is 13.1. The Morgan fingerprint density at radius 2 is 1.90 bits per heavy atom. The van der Waals surface area contributed by atoms with Gasteiger partial charge in [-0.25, -0.2) is 13.4 Å². The van der Waals surface area contributed by atoms with Crippen molar-refractivity contribution >= 4 is 32.4 Å². The lowest BCUT2D eigenvalue weighted by molar-refractivity contribution is -0.139. The molecule has 13 heteroatoms. The van der Waals surface area contributed by atoms with Gasteiger partial charge >= 0.3 is 6.18 Å². The van der Waals surface area contributed by atoms with Gasteiger partial charge in [-0.2, -0.15) is 13.2 Å². The summed E-state index contributed by atoms with van der Waals surface area (Å²) >= 11 is 1.06. The number of sulfonamides is 1. The minimum Gasteiger partial charge on any atom is -0.378 e. The summed E-state index contributed by atoms with van der Waals surface area (Å²) in [7, 11) is -4.65. The van der Waals surface area contributed by atoms with Crippen LogP contribution in [-0.2, 0) is 20.9 Å². The maximum absolute atomic E-state index is 13.1. The van der Waals surface area contributed by atoms with Gasteiger partial charge in [0.1, 0.15) is 4.88 Å². The number of thiazole rings is 1. The van der Waals surface area contributed by atoms with Gasteiger partial charge in [-0.3, -0.25) is 10.2 Å². The van der Waals surface area contributed by atoms with Crippen molar-refractivity contribution in [1.82, 2.24) is 15.2 Å². The van der Waals surface area contributed by atoms with E-state index in [9.17, 15) is 26.4 Å². The van der Waals surface area contributed by atoms with E-state index in [1.807, 2.05) is 10.3 Å². The van der Waals surface area contributed by atoms with Crippen molar-refractivity contribution in [2.24, 2.45) is 0 Å². The summed E-state index contributed by atoms with van der Waals surface area (Å²) in [4.78, 5) is 19.5. The van der Waals surface area contributed by atoms with Crippen LogP contribution in [0.4, 0.5) is 18.3 Å². The molecule has 2 heterocycles. The molecule has 1 amide bonds. The average Bonchev–Trinajstić information content (AvgIpc) is 3.08. The van der Waals surface area contributed by atoms with Crippen LogP contribution in [-0.4, -0.2) is 45.6 Å². The fourth-order valence-corrected chi connectivity index (χ4v) is 4.73. The van der Waals surface area contributed by atoms with Crippen molar-refractivity contribution in [3.05, 3.63) is 40.4 Å². The summed E-state index contributed by atoms with van der Waals surface area (Å²) in [5.74, 6) is -0.812. The first-order valence-electron chi connectivity index (χ1n) is 8.38. The van der Waals surface area contributed by atoms with E-state index in [0.717, 1.165) is 29.5 Å². The molecule has 0 saturated carbocycles. The van der Waals surface area contributed by atoms with Gasteiger partial charge in [0.2, 0.25) is 0 Å². The van der Waals surface area contributed by atoms with Crippen LogP contribution in [0.1, 0.15) is 20.9 Å². The number of benzene rings is 1. The van der Waals surface area contributed by atoms with E-state index in [0.29, 0.717) is 43.2 Å². The quantitative estimate of drug-likeness (QED) is 0.676. The number of hydrogen-bond acceptors (Lipinski definition) is 7. The second-order valence-corrected chi connectivity index (χ2v) is 8.69. The monoisotopic (exact) mass is 450 g/mol. The molecule has 158 valence electrons. The molecule has 1 aliphatic rings. The number of alkyl halides is 3. The summed E-state index contributed by atoms with van der Waals surface area (Å²) in [5.41, 5.74) is 1.01. The molecule has 2 N–H and O–H groups in total. The number of nitrogens with one attached hydrogen (secondary N) is 2. The van der Waals surface area contributed by atoms with Crippen molar-refractivity contribution in [2.75, 3.05) is 31.2 Å². The topological polar surface area (TPSA) is 101 Å². The molecule has 0 spiro atoms. The Kier molecular flexibility index (Phi) is 6.12. The number of carbonyl (C=O) groups is 1. The van der Waals surface area contributed by atoms with Gasteiger partial charge in [0.15, 0.2) is 5.13 Å². The summed E-state index contributed by atoms with van der Waals surface area (Å²) in [6, 6.07) is 3.70. The van der Waals surface area contributed by atoms with E-state index in [2.05, 4.69) is 4.98 Å². The number of aryl methyl sites for hydroxylation is 1. The average molecular weight is 450 g/mol. The molecule has 1 aliphatic heterocycles. The molecule has 0 aliphatic carbocycles. The molecule has 0 atom stereocenters. The summed E-state index contributed by atoms with van der Waals surface area (Å²) in [6.07, 6.45) is -4.86. The Balaban J connectivity index is 1.75. The number of amides is 1. The Bertz CT molecular complexity index is 1000. The molecule has 0 bridgehead atoms. The Morgan fingerprint density at radius 1 is 1.24 bits per heavy atom. The van der Waals surface area contributed by atoms with E-state index in [-0.39, 0.29) is 4.88 Å². The number of morpholine rings is 1. The van der Waals surface area contributed by atoms with Crippen molar-refractivity contribution in [3.8, 4) is 0 Å². The number of aromatic nitrogens is 1. The van der Waals surface area contributed by atoms with Crippen LogP contribution in [0.2, 0.25) is 0 Å². The number of nitrogens with zero attached hydrogens (tertiary/aromatic N) is 2. The fourth-order valence-electron chi connectivity index (χ4n) is 2.64. The Labute approximate surface area is 168 Å². The van der Waals surface area contributed by atoms with E-state index in [1.54, 1.807) is 11.8 Å². The zero-order chi connectivity index (χ0) is 21.2. The van der Waals surface area contributed by atoms with Gasteiger partial charge in [-0.1, -0.05) is 23.5 Å². The molecule has 2 aromatic rings. The van der Waals surface area contributed by atoms with Crippen LogP contribution < -0.4 is 15.2 Å². The molecule has 3 rings (SSSR count). The third-order valence-corrected chi connectivity index (χ3v) is 6.58. The first-order valence-corrected chi connectivity index (χ1v) is 10.7. The fraction of sp³-hybridized carbons (Fsp3) is 0.375. The zero-order valence-electron chi connectivity index (χ0n) is 15.1. The van der Waals surface area contributed by atoms with Crippen LogP contribution >= 0.6 is 11.3 Å². The van der Waals surface area contributed by atoms with Crippen LogP contribution in [0.3, 0.4) is 0 Å². The predicted octanol–water partition coefficient (Wildman–Crippen LogP) is 1.93. The lowest BCUT2D eigenvalue weighted by Crippen LogP contribution is -2.42. The molecule has 1 fully saturated rings. The van der Waals surface area contributed by atoms with Crippen LogP contribution in [0, 0.1) is 6.92 Å². The van der Waals surface area contributed by atoms with E-state index < -0.39 is 32.6 Å². The van der Waals surface area contributed by atoms with Gasteiger partial charge < -0.3 is 9.64 Å². The predicted molar refractivity (Wildman–Crippen MR) is 99.1 cm³/mol. The van der Waals surface area contributed by atoms with Crippen molar-refractivity contribution < 1.29 is 31.1 Å². The number of ether oxygens (including phenoxy) is 1. The van der Waals surface area contributed by atoms with E-state index in [1.165, 1.54) is 0 Å². The molecule has 8 nitrogen and oxygen atoms in total. The number of rotatable bonds is 5. The highest BCUT2D eigenvalue weighted by Crippen LogP contribution is 2.33. The molecule has 1 aromatic carbocycles. The van der Waals surface area contributed by atoms with Crippen LogP contribution in [0.5, 0.6) is 0 Å². The zero-order valence-corrected chi connectivity index (χ0v) is 16.7. The minimum atomic E-state index is -4.86. The lowest BCUT2D eigenvalue weighted by Gasteiger charge is -2.25. The van der Waals surface area contributed by atoms with E-state index in [4.69, 9.17) is 4.74 Å². The highest BCUT2D eigenvalue weighted by atomic mass is 32.2. The maximum Gasteiger partial charge on any atom is 0.417 e. The van der Waals surface area contributed by atoms with E-state index >= 15 is 0 Å². The summed E-state index contributed by atoms with van der Waals surface area (Å²) in [6.45, 7) is 3.85. The third kappa shape index (κ3) is 4.86. The molecular formula is C16H17F3N4O4S2. The van der Waals surface area contributed by atoms with Crippen molar-refractivity contribution in [3.63, 3.8) is 0 Å².